The molecular weight excluding hydrogens is 592 g/mol. The lowest BCUT2D eigenvalue weighted by atomic mass is 9.98. The van der Waals surface area contributed by atoms with E-state index in [1.54, 1.807) is 24.3 Å². The number of nitrogens with one attached hydrogen (secondary N) is 3. The Hall–Kier alpha value is -4.95. The topological polar surface area (TPSA) is 126 Å². The molecule has 0 aliphatic carbocycles. The second-order valence-electron chi connectivity index (χ2n) is 11.0. The second-order valence-corrected chi connectivity index (χ2v) is 11.0. The second kappa shape index (κ2) is 11.9. The number of ether oxygens (including phenoxy) is 1. The molecule has 14 heteroatoms. The van der Waals surface area contributed by atoms with Crippen molar-refractivity contribution in [2.75, 3.05) is 29.5 Å². The number of H-pyrrole nitrogens is 1. The summed E-state index contributed by atoms with van der Waals surface area (Å²) in [5.41, 5.74) is 9.89. The number of carbonyl (C=O) groups is 1. The van der Waals surface area contributed by atoms with Crippen LogP contribution < -0.4 is 16.4 Å². The van der Waals surface area contributed by atoms with Gasteiger partial charge in [-0.2, -0.15) is 18.3 Å². The SMILES string of the molecule is C[C@@H]1CN(Cc2c(-c3ccc[nH]3)c(-c3ccc(NC(=O)Nc4cc(C(F)(F)F)ccc4F)cc3)c3c(N)ncnn23)C[C@H](C)O1. The van der Waals surface area contributed by atoms with E-state index in [2.05, 4.69) is 30.6 Å². The van der Waals surface area contributed by atoms with E-state index in [-0.39, 0.29) is 18.0 Å². The van der Waals surface area contributed by atoms with Gasteiger partial charge in [0.2, 0.25) is 0 Å². The number of aromatic nitrogens is 4. The summed E-state index contributed by atoms with van der Waals surface area (Å²) in [6, 6.07) is 11.6. The number of anilines is 3. The molecule has 0 spiro atoms. The van der Waals surface area contributed by atoms with Crippen LogP contribution in [-0.2, 0) is 17.5 Å². The van der Waals surface area contributed by atoms with Crippen molar-refractivity contribution in [2.45, 2.75) is 38.8 Å². The third kappa shape index (κ3) is 6.19. The molecule has 5 aromatic rings. The molecule has 5 N–H and O–H groups in total. The molecule has 1 aliphatic heterocycles. The predicted molar refractivity (Wildman–Crippen MR) is 162 cm³/mol. The van der Waals surface area contributed by atoms with E-state index in [4.69, 9.17) is 10.5 Å². The Morgan fingerprint density at radius 1 is 1.07 bits per heavy atom. The van der Waals surface area contributed by atoms with Gasteiger partial charge in [-0.3, -0.25) is 4.90 Å². The number of nitrogens with zero attached hydrogens (tertiary/aromatic N) is 4. The zero-order valence-corrected chi connectivity index (χ0v) is 24.3. The summed E-state index contributed by atoms with van der Waals surface area (Å²) in [5.74, 6) is -0.713. The van der Waals surface area contributed by atoms with Crippen molar-refractivity contribution in [1.29, 1.82) is 0 Å². The first kappa shape index (κ1) is 30.1. The van der Waals surface area contributed by atoms with Crippen LogP contribution in [0.1, 0.15) is 25.1 Å². The number of hydrogen-bond donors (Lipinski definition) is 4. The third-order valence-electron chi connectivity index (χ3n) is 7.56. The fourth-order valence-corrected chi connectivity index (χ4v) is 5.80. The lowest BCUT2D eigenvalue weighted by molar-refractivity contribution is -0.137. The van der Waals surface area contributed by atoms with Gasteiger partial charge in [-0.15, -0.1) is 0 Å². The minimum absolute atomic E-state index is 0.0652. The van der Waals surface area contributed by atoms with Crippen LogP contribution in [0.4, 0.5) is 39.5 Å². The molecule has 2 atom stereocenters. The summed E-state index contributed by atoms with van der Waals surface area (Å²) >= 11 is 0. The molecule has 3 aromatic heterocycles. The Bertz CT molecular complexity index is 1830. The molecule has 0 radical (unpaired) electrons. The summed E-state index contributed by atoms with van der Waals surface area (Å²) in [4.78, 5) is 22.5. The monoisotopic (exact) mass is 622 g/mol. The molecule has 1 aliphatic rings. The molecule has 10 nitrogen and oxygen atoms in total. The number of nitrogens with two attached hydrogens (primary N) is 1. The number of benzene rings is 2. The maximum Gasteiger partial charge on any atom is 0.416 e. The molecular formula is C31H30F4N8O2. The lowest BCUT2D eigenvalue weighted by Gasteiger charge is -2.35. The number of halogens is 4. The molecule has 0 saturated carbocycles. The highest BCUT2D eigenvalue weighted by molar-refractivity contribution is 6.01. The van der Waals surface area contributed by atoms with Crippen LogP contribution >= 0.6 is 0 Å². The maximum absolute atomic E-state index is 14.2. The van der Waals surface area contributed by atoms with Gasteiger partial charge in [0.25, 0.3) is 0 Å². The van der Waals surface area contributed by atoms with E-state index < -0.39 is 29.3 Å². The van der Waals surface area contributed by atoms with Crippen molar-refractivity contribution in [3.8, 4) is 22.4 Å². The van der Waals surface area contributed by atoms with Crippen LogP contribution in [0.2, 0.25) is 0 Å². The van der Waals surface area contributed by atoms with Gasteiger partial charge in [0.1, 0.15) is 17.7 Å². The first-order valence-corrected chi connectivity index (χ1v) is 14.2. The first-order chi connectivity index (χ1) is 21.5. The van der Waals surface area contributed by atoms with Crippen LogP contribution in [-0.4, -0.2) is 55.8 Å². The Labute approximate surface area is 255 Å². The van der Waals surface area contributed by atoms with E-state index in [0.717, 1.165) is 41.2 Å². The minimum Gasteiger partial charge on any atom is -0.382 e. The molecule has 0 bridgehead atoms. The summed E-state index contributed by atoms with van der Waals surface area (Å²) < 4.78 is 61.1. The van der Waals surface area contributed by atoms with Crippen molar-refractivity contribution in [3.63, 3.8) is 0 Å². The number of carbonyl (C=O) groups excluding carboxylic acids is 1. The van der Waals surface area contributed by atoms with Gasteiger partial charge in [-0.05, 0) is 61.9 Å². The molecule has 1 saturated heterocycles. The molecule has 2 aromatic carbocycles. The Morgan fingerprint density at radius 2 is 1.80 bits per heavy atom. The number of amides is 2. The highest BCUT2D eigenvalue weighted by Gasteiger charge is 2.32. The Kier molecular flexibility index (Phi) is 7.93. The molecule has 4 heterocycles. The fourth-order valence-electron chi connectivity index (χ4n) is 5.80. The van der Waals surface area contributed by atoms with Gasteiger partial charge < -0.3 is 26.1 Å². The van der Waals surface area contributed by atoms with E-state index in [0.29, 0.717) is 35.9 Å². The number of urea groups is 1. The molecule has 234 valence electrons. The number of morpholine rings is 1. The standard InChI is InChI=1S/C31H30F4N8O2/c1-17-13-42(14-18(2)45-17)15-25-27(23-4-3-11-37-23)26(28-29(36)38-16-39-43(25)28)19-5-8-21(9-6-19)40-30(44)41-24-12-20(31(33,34)35)7-10-22(24)32/h3-12,16-18,37H,13-15H2,1-2H3,(H2,36,38,39)(H2,40,41,44)/t17-,18+. The van der Waals surface area contributed by atoms with Gasteiger partial charge in [-0.25, -0.2) is 18.7 Å². The van der Waals surface area contributed by atoms with E-state index >= 15 is 0 Å². The van der Waals surface area contributed by atoms with Crippen molar-refractivity contribution in [2.24, 2.45) is 0 Å². The smallest absolute Gasteiger partial charge is 0.382 e. The maximum atomic E-state index is 14.2. The number of rotatable bonds is 6. The van der Waals surface area contributed by atoms with Crippen LogP contribution in [0.25, 0.3) is 27.9 Å². The van der Waals surface area contributed by atoms with Crippen molar-refractivity contribution >= 4 is 28.7 Å². The van der Waals surface area contributed by atoms with Crippen LogP contribution in [0, 0.1) is 5.82 Å². The van der Waals surface area contributed by atoms with Gasteiger partial charge in [-0.1, -0.05) is 12.1 Å². The van der Waals surface area contributed by atoms with Gasteiger partial charge in [0.15, 0.2) is 5.82 Å². The molecule has 1 fully saturated rings. The Balaban J connectivity index is 1.34. The highest BCUT2D eigenvalue weighted by Crippen LogP contribution is 2.42. The molecule has 6 rings (SSSR count). The van der Waals surface area contributed by atoms with Crippen LogP contribution in [0.5, 0.6) is 0 Å². The zero-order chi connectivity index (χ0) is 31.9. The van der Waals surface area contributed by atoms with Gasteiger partial charge >= 0.3 is 12.2 Å². The number of hydrogen-bond acceptors (Lipinski definition) is 6. The highest BCUT2D eigenvalue weighted by atomic mass is 19.4. The van der Waals surface area contributed by atoms with E-state index in [1.807, 2.05) is 36.7 Å². The Morgan fingerprint density at radius 3 is 2.47 bits per heavy atom. The van der Waals surface area contributed by atoms with Gasteiger partial charge in [0.05, 0.1) is 29.2 Å². The number of aromatic amines is 1. The quantitative estimate of drug-likeness (QED) is 0.163. The largest absolute Gasteiger partial charge is 0.416 e. The summed E-state index contributed by atoms with van der Waals surface area (Å²) in [6.07, 6.45) is -1.31. The minimum atomic E-state index is -4.69. The molecule has 45 heavy (non-hydrogen) atoms. The van der Waals surface area contributed by atoms with Crippen molar-refractivity contribution in [1.82, 2.24) is 24.5 Å². The summed E-state index contributed by atoms with van der Waals surface area (Å²) in [7, 11) is 0. The average Bonchev–Trinajstić information content (AvgIpc) is 3.61. The molecule has 2 amide bonds. The number of fused-ring (bicyclic) bond motifs is 1. The van der Waals surface area contributed by atoms with E-state index in [9.17, 15) is 22.4 Å². The normalized spacial score (nSPS) is 17.5. The lowest BCUT2D eigenvalue weighted by Crippen LogP contribution is -2.45. The average molecular weight is 623 g/mol. The predicted octanol–water partition coefficient (Wildman–Crippen LogP) is 6.38. The zero-order valence-electron chi connectivity index (χ0n) is 24.3. The summed E-state index contributed by atoms with van der Waals surface area (Å²) in [6.45, 7) is 6.13. The van der Waals surface area contributed by atoms with Crippen molar-refractivity contribution < 1.29 is 27.1 Å². The number of nitrogen functional groups attached to an aromatic ring is 1. The van der Waals surface area contributed by atoms with Crippen LogP contribution in [0.3, 0.4) is 0 Å². The summed E-state index contributed by atoms with van der Waals surface area (Å²) in [5, 5.41) is 9.26. The van der Waals surface area contributed by atoms with Crippen molar-refractivity contribution in [3.05, 3.63) is 84.2 Å². The first-order valence-electron chi connectivity index (χ1n) is 14.2. The number of alkyl halides is 3. The van der Waals surface area contributed by atoms with Gasteiger partial charge in [0, 0.05) is 48.3 Å². The fraction of sp³-hybridized carbons (Fsp3) is 0.258. The third-order valence-corrected chi connectivity index (χ3v) is 7.56. The van der Waals surface area contributed by atoms with E-state index in [1.165, 1.54) is 6.33 Å². The molecule has 0 unspecified atom stereocenters. The van der Waals surface area contributed by atoms with Crippen LogP contribution in [0.15, 0.2) is 67.1 Å².